The van der Waals surface area contributed by atoms with Gasteiger partial charge in [0, 0.05) is 62.9 Å². The lowest BCUT2D eigenvalue weighted by Gasteiger charge is -2.45. The maximum absolute atomic E-state index is 16.5. The Morgan fingerprint density at radius 3 is 2.40 bits per heavy atom. The van der Waals surface area contributed by atoms with Gasteiger partial charge in [0.15, 0.2) is 0 Å². The van der Waals surface area contributed by atoms with Crippen molar-refractivity contribution in [3.05, 3.63) is 41.5 Å². The normalized spacial score (nSPS) is 26.3. The van der Waals surface area contributed by atoms with Crippen molar-refractivity contribution < 1.29 is 46.2 Å². The number of pyridine rings is 1. The molecule has 2 fully saturated rings. The number of ether oxygens (including phenoxy) is 3. The highest BCUT2D eigenvalue weighted by Crippen LogP contribution is 2.47. The summed E-state index contributed by atoms with van der Waals surface area (Å²) in [5, 5.41) is 12.4. The summed E-state index contributed by atoms with van der Waals surface area (Å²) < 4.78 is 78.8. The van der Waals surface area contributed by atoms with Gasteiger partial charge in [0.25, 0.3) is 5.91 Å². The van der Waals surface area contributed by atoms with E-state index in [2.05, 4.69) is 27.1 Å². The molecule has 14 nitrogen and oxygen atoms in total. The van der Waals surface area contributed by atoms with Crippen LogP contribution in [0.25, 0.3) is 5.70 Å². The van der Waals surface area contributed by atoms with E-state index in [1.54, 1.807) is 60.7 Å². The predicted molar refractivity (Wildman–Crippen MR) is 224 cm³/mol. The highest BCUT2D eigenvalue weighted by molar-refractivity contribution is 8.15. The average Bonchev–Trinajstić information content (AvgIpc) is 3.14. The number of allylic oxidation sites excluding steroid dienone is 1. The highest BCUT2D eigenvalue weighted by Gasteiger charge is 2.47. The van der Waals surface area contributed by atoms with Gasteiger partial charge >= 0.3 is 18.2 Å². The number of hydrogen-bond acceptors (Lipinski definition) is 13. The number of halogens is 4. The van der Waals surface area contributed by atoms with Gasteiger partial charge in [-0.1, -0.05) is 32.2 Å². The molecule has 2 amide bonds. The van der Waals surface area contributed by atoms with Gasteiger partial charge in [-0.2, -0.15) is 13.2 Å². The summed E-state index contributed by atoms with van der Waals surface area (Å²) in [6.45, 7) is 17.6. The highest BCUT2D eigenvalue weighted by atomic mass is 32.2. The van der Waals surface area contributed by atoms with E-state index in [1.165, 1.54) is 14.0 Å². The zero-order valence-electron chi connectivity index (χ0n) is 36.5. The number of alkyl carbamates (subject to hydrolysis) is 1. The minimum atomic E-state index is -4.92. The number of hydrazine groups is 1. The Kier molecular flexibility index (Phi) is 15.8. The maximum Gasteiger partial charge on any atom is 0.408 e. The molecule has 1 unspecified atom stereocenters. The van der Waals surface area contributed by atoms with Crippen molar-refractivity contribution in [3.63, 3.8) is 0 Å². The predicted octanol–water partition coefficient (Wildman–Crippen LogP) is 6.80. The average molecular weight is 871 g/mol. The fraction of sp³-hybridized carbons (Fsp3) is 0.683. The monoisotopic (exact) mass is 870 g/mol. The van der Waals surface area contributed by atoms with Crippen molar-refractivity contribution in [2.45, 2.75) is 116 Å². The van der Waals surface area contributed by atoms with Gasteiger partial charge in [-0.05, 0) is 79.5 Å². The van der Waals surface area contributed by atoms with Gasteiger partial charge in [0.05, 0.1) is 35.3 Å². The second kappa shape index (κ2) is 19.4. The van der Waals surface area contributed by atoms with Gasteiger partial charge in [-0.3, -0.25) is 25.0 Å². The molecule has 3 aliphatic heterocycles. The number of rotatable bonds is 7. The molecule has 0 aromatic carbocycles. The van der Waals surface area contributed by atoms with Crippen molar-refractivity contribution in [1.82, 2.24) is 30.5 Å². The van der Waals surface area contributed by atoms with Gasteiger partial charge in [0.2, 0.25) is 0 Å². The Hall–Kier alpha value is -3.94. The number of aromatic nitrogens is 1. The molecule has 0 spiro atoms. The Labute approximate surface area is 355 Å². The molecule has 3 N–H and O–H groups in total. The van der Waals surface area contributed by atoms with Gasteiger partial charge in [-0.15, -0.1) is 0 Å². The summed E-state index contributed by atoms with van der Waals surface area (Å²) in [7, 11) is 3.45. The molecule has 2 saturated heterocycles. The fourth-order valence-corrected chi connectivity index (χ4v) is 8.56. The largest absolute Gasteiger partial charge is 0.464 e. The molecule has 0 radical (unpaired) electrons. The molecule has 1 aromatic rings. The molecule has 4 heterocycles. The molecule has 4 rings (SSSR count). The third-order valence-corrected chi connectivity index (χ3v) is 11.8. The number of amides is 2. The van der Waals surface area contributed by atoms with Crippen LogP contribution in [0.2, 0.25) is 0 Å². The number of carbonyl (C=O) groups excluding carboxylic acids is 3. The topological polar surface area (TPSA) is 153 Å². The molecule has 19 heteroatoms. The summed E-state index contributed by atoms with van der Waals surface area (Å²) in [6, 6.07) is -0.697. The molecule has 4 atom stereocenters. The van der Waals surface area contributed by atoms with Crippen molar-refractivity contribution in [3.8, 4) is 0 Å². The van der Waals surface area contributed by atoms with Crippen LogP contribution in [0, 0.1) is 10.8 Å². The summed E-state index contributed by atoms with van der Waals surface area (Å²) in [5.74, 6) is -2.60. The van der Waals surface area contributed by atoms with Crippen LogP contribution >= 0.6 is 11.8 Å². The lowest BCUT2D eigenvalue weighted by molar-refractivity contribution is -0.155. The van der Waals surface area contributed by atoms with Crippen LogP contribution in [0.4, 0.5) is 28.0 Å². The molecule has 2 bridgehead atoms. The van der Waals surface area contributed by atoms with E-state index >= 15 is 17.6 Å². The first-order valence-corrected chi connectivity index (χ1v) is 20.9. The van der Waals surface area contributed by atoms with Crippen LogP contribution in [0.1, 0.15) is 98.4 Å². The lowest BCUT2D eigenvalue weighted by atomic mass is 9.84. The van der Waals surface area contributed by atoms with E-state index in [0.29, 0.717) is 54.6 Å². The van der Waals surface area contributed by atoms with Gasteiger partial charge < -0.3 is 34.2 Å². The smallest absolute Gasteiger partial charge is 0.408 e. The van der Waals surface area contributed by atoms with E-state index in [1.807, 2.05) is 7.05 Å². The number of piperazine rings is 1. The number of methoxy groups -OCH3 is 1. The Balaban J connectivity index is 2.00. The van der Waals surface area contributed by atoms with Crippen LogP contribution in [0.5, 0.6) is 0 Å². The van der Waals surface area contributed by atoms with E-state index in [4.69, 9.17) is 19.2 Å². The summed E-state index contributed by atoms with van der Waals surface area (Å²) in [4.78, 5) is 48.3. The number of nitrogens with one attached hydrogen (secondary N) is 3. The quantitative estimate of drug-likeness (QED) is 0.195. The Morgan fingerprint density at radius 2 is 1.82 bits per heavy atom. The summed E-state index contributed by atoms with van der Waals surface area (Å²) >= 11 is 0.437. The van der Waals surface area contributed by atoms with Crippen LogP contribution in [0.15, 0.2) is 30.2 Å². The first kappa shape index (κ1) is 48.7. The fourth-order valence-electron chi connectivity index (χ4n) is 7.45. The number of fused-ring (bicyclic) bond motifs is 2. The molecule has 0 aliphatic carbocycles. The van der Waals surface area contributed by atoms with E-state index in [9.17, 15) is 19.8 Å². The summed E-state index contributed by atoms with van der Waals surface area (Å²) in [6.07, 6.45) is -4.76. The molecule has 1 aromatic heterocycles. The van der Waals surface area contributed by atoms with E-state index < -0.39 is 82.1 Å². The molecular formula is C41H62F4N8O6S. The first-order chi connectivity index (χ1) is 27.7. The van der Waals surface area contributed by atoms with Crippen LogP contribution in [-0.2, 0) is 23.8 Å². The maximum atomic E-state index is 16.5. The third-order valence-electron chi connectivity index (χ3n) is 10.6. The van der Waals surface area contributed by atoms with Crippen molar-refractivity contribution in [2.24, 2.45) is 5.41 Å². The summed E-state index contributed by atoms with van der Waals surface area (Å²) in [5.41, 5.74) is 2.58. The van der Waals surface area contributed by atoms with Crippen LogP contribution in [0.3, 0.4) is 0 Å². The minimum Gasteiger partial charge on any atom is -0.464 e. The van der Waals surface area contributed by atoms with Crippen molar-refractivity contribution in [1.29, 1.82) is 5.41 Å². The lowest BCUT2D eigenvalue weighted by Crippen LogP contribution is -2.60. The number of alkyl halides is 3. The number of anilines is 1. The molecule has 0 saturated carbocycles. The third kappa shape index (κ3) is 12.8. The zero-order chi connectivity index (χ0) is 45.0. The molecular weight excluding hydrogens is 809 g/mol. The van der Waals surface area contributed by atoms with E-state index in [0.717, 1.165) is 23.0 Å². The number of thioether (sulfide) groups is 1. The van der Waals surface area contributed by atoms with E-state index in [-0.39, 0.29) is 30.8 Å². The standard InChI is InChI=1S/C41H62F4N8O6S/c1-25-21-39(7,8)24-58-36(55)30-13-12-14-53(49-30)35(54)31(48-37(56)59-38(4,5)6)20-32(46)60-40(9,27(3)42)52(23-41(43,44)45)34(25)29-19-28(22-47-33(29)26(2)57-11)51-17-15-50(10)16-18-51/h19,22,26,30-31,46,49H,3,12-18,20-21,23-24H2,1-2,4-11H3,(H,48,56)/b34-25+,46-32?/t26-,30-,31-,40?/m0/s1. The minimum absolute atomic E-state index is 0.0249. The zero-order valence-corrected chi connectivity index (χ0v) is 37.3. The number of esters is 1. The van der Waals surface area contributed by atoms with Crippen LogP contribution in [-0.4, -0.2) is 132 Å². The Morgan fingerprint density at radius 1 is 1.17 bits per heavy atom. The first-order valence-electron chi connectivity index (χ1n) is 20.1. The number of carbonyl (C=O) groups is 3. The number of hydrogen-bond donors (Lipinski definition) is 3. The van der Waals surface area contributed by atoms with Gasteiger partial charge in [0.1, 0.15) is 34.9 Å². The number of cyclic esters (lactones) is 1. The SMILES string of the molecule is C=C(F)C1(C)SC(=N)C[C@H](NC(=O)OC(C)(C)C)C(=O)N2CCC[C@H](N2)C(=O)OCC(C)(C)C/C(C)=C(\c2cc(N3CCN(C)CC3)cnc2[C@H](C)OC)N1CC(F)(F)F. The second-order valence-electron chi connectivity index (χ2n) is 17.7. The molecule has 336 valence electrons. The Bertz CT molecular complexity index is 1800. The van der Waals surface area contributed by atoms with Crippen molar-refractivity contribution in [2.75, 3.05) is 64.9 Å². The van der Waals surface area contributed by atoms with Crippen molar-refractivity contribution >= 4 is 46.2 Å². The number of nitrogens with zero attached hydrogens (tertiary/aromatic N) is 5. The number of likely N-dealkylation sites (N-methyl/N-ethyl adjacent to an activating group) is 1. The van der Waals surface area contributed by atoms with Gasteiger partial charge in [-0.25, -0.2) is 14.6 Å². The molecule has 3 aliphatic rings. The van der Waals surface area contributed by atoms with Crippen LogP contribution < -0.4 is 15.6 Å². The molecule has 60 heavy (non-hydrogen) atoms. The second-order valence-corrected chi connectivity index (χ2v) is 19.2.